The smallest absolute Gasteiger partial charge is 0.250 e. The Labute approximate surface area is 158 Å². The zero-order valence-electron chi connectivity index (χ0n) is 15.3. The second-order valence-corrected chi connectivity index (χ2v) is 7.72. The van der Waals surface area contributed by atoms with Crippen molar-refractivity contribution >= 4 is 23.5 Å². The Morgan fingerprint density at radius 1 is 1.15 bits per heavy atom. The van der Waals surface area contributed by atoms with Crippen LogP contribution in [0.5, 0.6) is 0 Å². The monoisotopic (exact) mass is 371 g/mol. The van der Waals surface area contributed by atoms with Gasteiger partial charge in [0.1, 0.15) is 5.82 Å². The van der Waals surface area contributed by atoms with Crippen LogP contribution in [0.25, 0.3) is 0 Å². The van der Waals surface area contributed by atoms with Crippen LogP contribution in [0.4, 0.5) is 5.82 Å². The molecule has 0 aromatic carbocycles. The highest BCUT2D eigenvalue weighted by molar-refractivity contribution is 5.92. The molecule has 144 valence electrons. The predicted molar refractivity (Wildman–Crippen MR) is 99.0 cm³/mol. The topological polar surface area (TPSA) is 109 Å². The van der Waals surface area contributed by atoms with Crippen LogP contribution in [-0.4, -0.2) is 59.3 Å². The zero-order valence-corrected chi connectivity index (χ0v) is 15.3. The van der Waals surface area contributed by atoms with E-state index in [1.165, 1.54) is 6.20 Å². The van der Waals surface area contributed by atoms with E-state index in [0.717, 1.165) is 44.6 Å². The molecule has 0 spiro atoms. The van der Waals surface area contributed by atoms with Gasteiger partial charge in [0.2, 0.25) is 17.7 Å². The fourth-order valence-electron chi connectivity index (χ4n) is 3.98. The molecule has 2 saturated heterocycles. The average molecular weight is 371 g/mol. The summed E-state index contributed by atoms with van der Waals surface area (Å²) in [5.74, 6) is 0.497. The van der Waals surface area contributed by atoms with Gasteiger partial charge in [0.25, 0.3) is 0 Å². The molecule has 3 aliphatic rings. The Morgan fingerprint density at radius 2 is 1.89 bits per heavy atom. The molecule has 8 heteroatoms. The molecule has 0 radical (unpaired) electrons. The van der Waals surface area contributed by atoms with Crippen molar-refractivity contribution in [3.8, 4) is 0 Å². The molecular weight excluding hydrogens is 346 g/mol. The number of anilines is 1. The van der Waals surface area contributed by atoms with Crippen molar-refractivity contribution in [1.29, 1.82) is 0 Å². The molecule has 1 aromatic heterocycles. The maximum absolute atomic E-state index is 12.6. The molecule has 27 heavy (non-hydrogen) atoms. The molecule has 4 rings (SSSR count). The van der Waals surface area contributed by atoms with Gasteiger partial charge in [-0.05, 0) is 37.8 Å². The molecule has 1 saturated carbocycles. The maximum Gasteiger partial charge on any atom is 0.250 e. The number of nitrogens with zero attached hydrogens (tertiary/aromatic N) is 3. The molecule has 2 aliphatic heterocycles. The predicted octanol–water partition coefficient (Wildman–Crippen LogP) is 0.276. The van der Waals surface area contributed by atoms with E-state index >= 15 is 0 Å². The number of primary amides is 1. The Balaban J connectivity index is 1.26. The number of amides is 3. The van der Waals surface area contributed by atoms with Crippen LogP contribution in [0.15, 0.2) is 18.3 Å². The fraction of sp³-hybridized carbons (Fsp3) is 0.579. The van der Waals surface area contributed by atoms with Crippen LogP contribution >= 0.6 is 0 Å². The van der Waals surface area contributed by atoms with Gasteiger partial charge in [-0.2, -0.15) is 0 Å². The third-order valence-electron chi connectivity index (χ3n) is 5.71. The van der Waals surface area contributed by atoms with Crippen molar-refractivity contribution in [3.63, 3.8) is 0 Å². The highest BCUT2D eigenvalue weighted by Crippen LogP contribution is 2.31. The van der Waals surface area contributed by atoms with Crippen molar-refractivity contribution in [2.24, 2.45) is 11.7 Å². The van der Waals surface area contributed by atoms with Crippen LogP contribution in [0, 0.1) is 5.92 Å². The number of nitrogens with one attached hydrogen (secondary N) is 1. The van der Waals surface area contributed by atoms with Crippen LogP contribution in [0.1, 0.15) is 42.5 Å². The largest absolute Gasteiger partial charge is 0.366 e. The Kier molecular flexibility index (Phi) is 4.72. The van der Waals surface area contributed by atoms with E-state index in [1.54, 1.807) is 12.1 Å². The molecule has 1 atom stereocenters. The summed E-state index contributed by atoms with van der Waals surface area (Å²) in [5, 5.41) is 3.08. The third kappa shape index (κ3) is 3.89. The Bertz CT molecular complexity index is 738. The number of hydrogen-bond acceptors (Lipinski definition) is 5. The van der Waals surface area contributed by atoms with Gasteiger partial charge in [-0.1, -0.05) is 0 Å². The highest BCUT2D eigenvalue weighted by atomic mass is 16.2. The van der Waals surface area contributed by atoms with Gasteiger partial charge in [-0.3, -0.25) is 14.4 Å². The lowest BCUT2D eigenvalue weighted by Crippen LogP contribution is -2.45. The number of hydrogen-bond donors (Lipinski definition) is 2. The fourth-order valence-corrected chi connectivity index (χ4v) is 3.98. The molecule has 8 nitrogen and oxygen atoms in total. The molecule has 3 heterocycles. The minimum absolute atomic E-state index is 0.0313. The summed E-state index contributed by atoms with van der Waals surface area (Å²) in [6, 6.07) is 3.83. The zero-order chi connectivity index (χ0) is 19.0. The number of rotatable bonds is 5. The lowest BCUT2D eigenvalue weighted by Gasteiger charge is -2.32. The molecule has 1 aromatic rings. The van der Waals surface area contributed by atoms with Crippen LogP contribution in [0.3, 0.4) is 0 Å². The standard InChI is InChI=1S/C19H25N5O3/c20-18(26)13-1-4-16(21-10-13)23-7-5-12(6-8-23)19(27)22-14-9-17(25)24(11-14)15-2-3-15/h1,4,10,12,14-15H,2-3,5-9,11H2,(H2,20,26)(H,22,27). The van der Waals surface area contributed by atoms with Gasteiger partial charge in [-0.25, -0.2) is 4.98 Å². The average Bonchev–Trinajstić information content (AvgIpc) is 3.45. The molecule has 1 aliphatic carbocycles. The van der Waals surface area contributed by atoms with Crippen molar-refractivity contribution in [2.75, 3.05) is 24.5 Å². The molecule has 3 amide bonds. The SMILES string of the molecule is NC(=O)c1ccc(N2CCC(C(=O)NC3CC(=O)N(C4CC4)C3)CC2)nc1. The van der Waals surface area contributed by atoms with Gasteiger partial charge in [0, 0.05) is 44.2 Å². The van der Waals surface area contributed by atoms with Gasteiger partial charge in [0.15, 0.2) is 0 Å². The molecule has 1 unspecified atom stereocenters. The molecule has 3 fully saturated rings. The van der Waals surface area contributed by atoms with Crippen LogP contribution < -0.4 is 16.0 Å². The number of pyridine rings is 1. The number of carbonyl (C=O) groups excluding carboxylic acids is 3. The molecule has 0 bridgehead atoms. The van der Waals surface area contributed by atoms with Gasteiger partial charge >= 0.3 is 0 Å². The number of piperidine rings is 1. The summed E-state index contributed by atoms with van der Waals surface area (Å²) >= 11 is 0. The summed E-state index contributed by atoms with van der Waals surface area (Å²) in [5.41, 5.74) is 5.63. The first kappa shape index (κ1) is 17.8. The van der Waals surface area contributed by atoms with Crippen molar-refractivity contribution < 1.29 is 14.4 Å². The first-order chi connectivity index (χ1) is 13.0. The summed E-state index contributed by atoms with van der Waals surface area (Å²) in [7, 11) is 0. The van der Waals surface area contributed by atoms with Crippen LogP contribution in [0.2, 0.25) is 0 Å². The number of likely N-dealkylation sites (tertiary alicyclic amines) is 1. The van der Waals surface area contributed by atoms with Crippen molar-refractivity contribution in [1.82, 2.24) is 15.2 Å². The highest BCUT2D eigenvalue weighted by Gasteiger charge is 2.40. The van der Waals surface area contributed by atoms with E-state index in [2.05, 4.69) is 15.2 Å². The first-order valence-electron chi connectivity index (χ1n) is 9.62. The second kappa shape index (κ2) is 7.17. The van der Waals surface area contributed by atoms with Gasteiger partial charge in [-0.15, -0.1) is 0 Å². The number of aromatic nitrogens is 1. The van der Waals surface area contributed by atoms with E-state index in [4.69, 9.17) is 5.73 Å². The quantitative estimate of drug-likeness (QED) is 0.773. The van der Waals surface area contributed by atoms with E-state index in [0.29, 0.717) is 24.6 Å². The molecule has 3 N–H and O–H groups in total. The van der Waals surface area contributed by atoms with Crippen LogP contribution in [-0.2, 0) is 9.59 Å². The van der Waals surface area contributed by atoms with E-state index < -0.39 is 5.91 Å². The first-order valence-corrected chi connectivity index (χ1v) is 9.62. The second-order valence-electron chi connectivity index (χ2n) is 7.72. The number of carbonyl (C=O) groups is 3. The maximum atomic E-state index is 12.6. The minimum Gasteiger partial charge on any atom is -0.366 e. The van der Waals surface area contributed by atoms with E-state index in [9.17, 15) is 14.4 Å². The molecular formula is C19H25N5O3. The summed E-state index contributed by atoms with van der Waals surface area (Å²) < 4.78 is 0. The van der Waals surface area contributed by atoms with Crippen molar-refractivity contribution in [2.45, 2.75) is 44.2 Å². The summed E-state index contributed by atoms with van der Waals surface area (Å²) in [4.78, 5) is 44.1. The number of nitrogens with two attached hydrogens (primary N) is 1. The van der Waals surface area contributed by atoms with E-state index in [-0.39, 0.29) is 23.8 Å². The summed E-state index contributed by atoms with van der Waals surface area (Å²) in [6.45, 7) is 2.13. The minimum atomic E-state index is -0.491. The van der Waals surface area contributed by atoms with Crippen molar-refractivity contribution in [3.05, 3.63) is 23.9 Å². The van der Waals surface area contributed by atoms with Gasteiger partial charge < -0.3 is 20.9 Å². The lowest BCUT2D eigenvalue weighted by atomic mass is 9.95. The van der Waals surface area contributed by atoms with Gasteiger partial charge in [0.05, 0.1) is 11.6 Å². The normalized spacial score (nSPS) is 23.6. The Morgan fingerprint density at radius 3 is 2.48 bits per heavy atom. The lowest BCUT2D eigenvalue weighted by molar-refractivity contribution is -0.128. The Hall–Kier alpha value is -2.64. The summed E-state index contributed by atoms with van der Waals surface area (Å²) in [6.07, 6.45) is 5.60. The third-order valence-corrected chi connectivity index (χ3v) is 5.71. The van der Waals surface area contributed by atoms with E-state index in [1.807, 2.05) is 4.90 Å².